The van der Waals surface area contributed by atoms with Crippen molar-refractivity contribution in [3.8, 4) is 17.2 Å². The van der Waals surface area contributed by atoms with Crippen LogP contribution in [0.1, 0.15) is 48.3 Å². The largest absolute Gasteiger partial charge is 0.497 e. The summed E-state index contributed by atoms with van der Waals surface area (Å²) in [5, 5.41) is 6.48. The molecule has 3 aromatic rings. The van der Waals surface area contributed by atoms with Crippen molar-refractivity contribution in [1.82, 2.24) is 5.32 Å². The number of rotatable bonds is 7. The van der Waals surface area contributed by atoms with Gasteiger partial charge in [-0.05, 0) is 73.7 Å². The second-order valence-corrected chi connectivity index (χ2v) is 10.2. The van der Waals surface area contributed by atoms with Crippen molar-refractivity contribution in [2.75, 3.05) is 26.6 Å². The molecule has 0 aromatic heterocycles. The van der Waals surface area contributed by atoms with E-state index in [0.29, 0.717) is 46.9 Å². The number of ketones is 1. The summed E-state index contributed by atoms with van der Waals surface area (Å²) in [5.74, 6) is 1.13. The summed E-state index contributed by atoms with van der Waals surface area (Å²) in [7, 11) is 4.82. The number of amides is 1. The smallest absolute Gasteiger partial charge is 0.254 e. The van der Waals surface area contributed by atoms with E-state index in [1.165, 1.54) is 0 Å². The maximum atomic E-state index is 14.0. The highest BCUT2D eigenvalue weighted by atomic mass is 16.5. The molecule has 0 fully saturated rings. The molecule has 0 saturated carbocycles. The van der Waals surface area contributed by atoms with Crippen LogP contribution >= 0.6 is 0 Å². The number of nitrogens with one attached hydrogen (secondary N) is 2. The number of benzene rings is 3. The Hall–Kier alpha value is -4.52. The standard InChI is InChI=1S/C33H34N2O5/c1-19-9-12-24(13-10-19)35-33(37)30-20(2)34-26-16-23(21-11-14-28(39-4)29(18-21)40-5)17-27(36)32(26)31(30)22-7-6-8-25(15-22)38-3/h6-15,18,23,31,34H,16-17H2,1-5H3,(H,35,37)/t23-,31+/m1/s1. The first kappa shape index (κ1) is 27.1. The van der Waals surface area contributed by atoms with Gasteiger partial charge in [-0.15, -0.1) is 0 Å². The highest BCUT2D eigenvalue weighted by Crippen LogP contribution is 2.47. The molecule has 0 radical (unpaired) electrons. The van der Waals surface area contributed by atoms with Crippen LogP contribution in [0, 0.1) is 6.92 Å². The van der Waals surface area contributed by atoms with Gasteiger partial charge in [0, 0.05) is 40.6 Å². The summed E-state index contributed by atoms with van der Waals surface area (Å²) in [4.78, 5) is 27.8. The molecule has 0 bridgehead atoms. The van der Waals surface area contributed by atoms with Crippen molar-refractivity contribution in [3.63, 3.8) is 0 Å². The maximum Gasteiger partial charge on any atom is 0.254 e. The number of hydrogen-bond donors (Lipinski definition) is 2. The average molecular weight is 539 g/mol. The quantitative estimate of drug-likeness (QED) is 0.383. The number of methoxy groups -OCH3 is 3. The zero-order valence-electron chi connectivity index (χ0n) is 23.5. The molecule has 0 spiro atoms. The summed E-state index contributed by atoms with van der Waals surface area (Å²) >= 11 is 0. The number of hydrogen-bond acceptors (Lipinski definition) is 6. The van der Waals surface area contributed by atoms with Gasteiger partial charge < -0.3 is 24.8 Å². The van der Waals surface area contributed by atoms with Crippen molar-refractivity contribution >= 4 is 17.4 Å². The van der Waals surface area contributed by atoms with E-state index < -0.39 is 5.92 Å². The molecule has 40 heavy (non-hydrogen) atoms. The van der Waals surface area contributed by atoms with Crippen LogP contribution in [0.2, 0.25) is 0 Å². The zero-order valence-corrected chi connectivity index (χ0v) is 23.5. The van der Waals surface area contributed by atoms with E-state index in [9.17, 15) is 9.59 Å². The Morgan fingerprint density at radius 1 is 0.850 bits per heavy atom. The van der Waals surface area contributed by atoms with Gasteiger partial charge in [0.2, 0.25) is 0 Å². The van der Waals surface area contributed by atoms with Crippen LogP contribution in [0.3, 0.4) is 0 Å². The van der Waals surface area contributed by atoms with E-state index >= 15 is 0 Å². The Morgan fingerprint density at radius 3 is 2.30 bits per heavy atom. The van der Waals surface area contributed by atoms with Crippen LogP contribution in [-0.2, 0) is 9.59 Å². The molecule has 1 amide bonds. The average Bonchev–Trinajstić information content (AvgIpc) is 2.97. The molecule has 206 valence electrons. The molecule has 2 atom stereocenters. The summed E-state index contributed by atoms with van der Waals surface area (Å²) in [5.41, 5.74) is 6.35. The van der Waals surface area contributed by atoms with Crippen molar-refractivity contribution in [1.29, 1.82) is 0 Å². The fourth-order valence-corrected chi connectivity index (χ4v) is 5.67. The van der Waals surface area contributed by atoms with Crippen LogP contribution in [-0.4, -0.2) is 33.0 Å². The van der Waals surface area contributed by atoms with Crippen molar-refractivity contribution in [2.45, 2.75) is 38.5 Å². The minimum atomic E-state index is -0.532. The third-order valence-corrected chi connectivity index (χ3v) is 7.69. The van der Waals surface area contributed by atoms with E-state index in [-0.39, 0.29) is 17.6 Å². The van der Waals surface area contributed by atoms with Crippen LogP contribution in [0.4, 0.5) is 5.69 Å². The molecule has 0 unspecified atom stereocenters. The van der Waals surface area contributed by atoms with Crippen LogP contribution < -0.4 is 24.8 Å². The number of carbonyl (C=O) groups is 2. The minimum Gasteiger partial charge on any atom is -0.497 e. The van der Waals surface area contributed by atoms with Crippen LogP contribution in [0.5, 0.6) is 17.2 Å². The molecule has 1 aliphatic heterocycles. The van der Waals surface area contributed by atoms with Gasteiger partial charge in [-0.1, -0.05) is 35.9 Å². The highest BCUT2D eigenvalue weighted by Gasteiger charge is 2.41. The van der Waals surface area contributed by atoms with Crippen molar-refractivity contribution < 1.29 is 23.8 Å². The Morgan fingerprint density at radius 2 is 1.60 bits per heavy atom. The first-order valence-electron chi connectivity index (χ1n) is 13.3. The summed E-state index contributed by atoms with van der Waals surface area (Å²) in [6, 6.07) is 21.1. The zero-order chi connectivity index (χ0) is 28.4. The third-order valence-electron chi connectivity index (χ3n) is 7.69. The number of Topliss-reactive ketones (excluding diaryl/α,β-unsaturated/α-hetero) is 1. The Bertz CT molecular complexity index is 1520. The molecule has 2 aliphatic rings. The SMILES string of the molecule is COc1cccc([C@H]2C(C(=O)Nc3ccc(C)cc3)=C(C)NC3=C2C(=O)C[C@H](c2ccc(OC)c(OC)c2)C3)c1. The first-order chi connectivity index (χ1) is 19.3. The predicted molar refractivity (Wildman–Crippen MR) is 155 cm³/mol. The van der Waals surface area contributed by atoms with E-state index in [1.807, 2.05) is 80.6 Å². The van der Waals surface area contributed by atoms with E-state index in [0.717, 1.165) is 28.1 Å². The topological polar surface area (TPSA) is 85.9 Å². The fourth-order valence-electron chi connectivity index (χ4n) is 5.67. The molecular weight excluding hydrogens is 504 g/mol. The Kier molecular flexibility index (Phi) is 7.65. The molecule has 7 nitrogen and oxygen atoms in total. The second kappa shape index (κ2) is 11.3. The molecular formula is C33H34N2O5. The van der Waals surface area contributed by atoms with E-state index in [1.54, 1.807) is 21.3 Å². The summed E-state index contributed by atoms with van der Waals surface area (Å²) in [6.07, 6.45) is 0.948. The van der Waals surface area contributed by atoms with Crippen LogP contribution in [0.25, 0.3) is 0 Å². The lowest BCUT2D eigenvalue weighted by atomic mass is 9.71. The predicted octanol–water partition coefficient (Wildman–Crippen LogP) is 6.02. The molecule has 5 rings (SSSR count). The Labute approximate surface area is 234 Å². The number of aryl methyl sites for hydroxylation is 1. The maximum absolute atomic E-state index is 14.0. The second-order valence-electron chi connectivity index (χ2n) is 10.2. The minimum absolute atomic E-state index is 0.00879. The number of dihydropyridines is 1. The monoisotopic (exact) mass is 538 g/mol. The van der Waals surface area contributed by atoms with Gasteiger partial charge in [0.05, 0.1) is 21.3 Å². The molecule has 7 heteroatoms. The lowest BCUT2D eigenvalue weighted by molar-refractivity contribution is -0.116. The Balaban J connectivity index is 1.55. The summed E-state index contributed by atoms with van der Waals surface area (Å²) < 4.78 is 16.4. The van der Waals surface area contributed by atoms with E-state index in [2.05, 4.69) is 10.6 Å². The number of allylic oxidation sites excluding steroid dienone is 3. The fraction of sp³-hybridized carbons (Fsp3) is 0.273. The molecule has 1 heterocycles. The number of ether oxygens (including phenoxy) is 3. The third kappa shape index (κ3) is 5.19. The van der Waals surface area contributed by atoms with Gasteiger partial charge in [-0.25, -0.2) is 0 Å². The van der Waals surface area contributed by atoms with Crippen LogP contribution in [0.15, 0.2) is 89.3 Å². The lowest BCUT2D eigenvalue weighted by Gasteiger charge is -2.37. The van der Waals surface area contributed by atoms with Gasteiger partial charge in [0.1, 0.15) is 5.75 Å². The van der Waals surface area contributed by atoms with Gasteiger partial charge >= 0.3 is 0 Å². The van der Waals surface area contributed by atoms with Gasteiger partial charge in [-0.3, -0.25) is 9.59 Å². The van der Waals surface area contributed by atoms with Crippen molar-refractivity contribution in [3.05, 3.63) is 106 Å². The summed E-state index contributed by atoms with van der Waals surface area (Å²) in [6.45, 7) is 3.89. The normalized spacial score (nSPS) is 18.6. The van der Waals surface area contributed by atoms with Gasteiger partial charge in [0.15, 0.2) is 17.3 Å². The van der Waals surface area contributed by atoms with Gasteiger partial charge in [0.25, 0.3) is 5.91 Å². The lowest BCUT2D eigenvalue weighted by Crippen LogP contribution is -2.37. The van der Waals surface area contributed by atoms with Crippen molar-refractivity contribution in [2.24, 2.45) is 0 Å². The molecule has 1 aliphatic carbocycles. The number of anilines is 1. The first-order valence-corrected chi connectivity index (χ1v) is 13.3. The van der Waals surface area contributed by atoms with E-state index in [4.69, 9.17) is 14.2 Å². The molecule has 2 N–H and O–H groups in total. The van der Waals surface area contributed by atoms with Gasteiger partial charge in [-0.2, -0.15) is 0 Å². The number of carbonyl (C=O) groups excluding carboxylic acids is 2. The highest BCUT2D eigenvalue weighted by molar-refractivity contribution is 6.10. The molecule has 3 aromatic carbocycles. The molecule has 0 saturated heterocycles.